The van der Waals surface area contributed by atoms with E-state index in [1.165, 1.54) is 52.8 Å². The highest BCUT2D eigenvalue weighted by Crippen LogP contribution is 2.40. The Bertz CT molecular complexity index is 1220. The molecule has 3 aromatic heterocycles. The fraction of sp³-hybridized carbons (Fsp3) is 0.609. The van der Waals surface area contributed by atoms with E-state index in [9.17, 15) is 9.59 Å². The van der Waals surface area contributed by atoms with Crippen LogP contribution in [0, 0.1) is 0 Å². The molecule has 0 bridgehead atoms. The van der Waals surface area contributed by atoms with E-state index >= 15 is 0 Å². The van der Waals surface area contributed by atoms with Crippen molar-refractivity contribution < 1.29 is 4.79 Å². The lowest BCUT2D eigenvalue weighted by atomic mass is 9.89. The van der Waals surface area contributed by atoms with Gasteiger partial charge in [-0.05, 0) is 69.9 Å². The number of carbonyl (C=O) groups excluding carboxylic acids is 1. The molecule has 0 N–H and O–H groups in total. The average Bonchev–Trinajstić information content (AvgIpc) is 3.21. The van der Waals surface area contributed by atoms with Gasteiger partial charge in [0.05, 0.1) is 0 Å². The van der Waals surface area contributed by atoms with Gasteiger partial charge in [0.25, 0.3) is 5.56 Å². The Balaban J connectivity index is 1.64. The van der Waals surface area contributed by atoms with Crippen LogP contribution in [0.15, 0.2) is 4.79 Å². The van der Waals surface area contributed by atoms with E-state index in [0.717, 1.165) is 48.4 Å². The second-order valence-corrected chi connectivity index (χ2v) is 9.72. The molecule has 3 aromatic rings. The van der Waals surface area contributed by atoms with Crippen molar-refractivity contribution in [3.05, 3.63) is 21.5 Å². The molecular formula is C23H30N6O2S. The van der Waals surface area contributed by atoms with E-state index in [1.54, 1.807) is 4.90 Å². The van der Waals surface area contributed by atoms with Gasteiger partial charge in [-0.15, -0.1) is 16.4 Å². The summed E-state index contributed by atoms with van der Waals surface area (Å²) in [5.74, 6) is 0.998. The third kappa shape index (κ3) is 3.56. The zero-order chi connectivity index (χ0) is 22.2. The smallest absolute Gasteiger partial charge is 0.288 e. The number of fused-ring (bicyclic) bond motifs is 5. The number of anilines is 1. The first-order chi connectivity index (χ1) is 15.6. The quantitative estimate of drug-likeness (QED) is 0.589. The Morgan fingerprint density at radius 2 is 1.75 bits per heavy atom. The van der Waals surface area contributed by atoms with Crippen molar-refractivity contribution in [2.24, 2.45) is 0 Å². The number of aryl methyl sites for hydroxylation is 1. The van der Waals surface area contributed by atoms with Gasteiger partial charge in [0.15, 0.2) is 0 Å². The molecule has 170 valence electrons. The normalized spacial score (nSPS) is 16.5. The van der Waals surface area contributed by atoms with Crippen LogP contribution in [0.1, 0.15) is 57.1 Å². The molecule has 0 unspecified atom stereocenters. The van der Waals surface area contributed by atoms with Crippen molar-refractivity contribution in [2.45, 2.75) is 65.3 Å². The van der Waals surface area contributed by atoms with Crippen molar-refractivity contribution in [3.8, 4) is 0 Å². The summed E-state index contributed by atoms with van der Waals surface area (Å²) in [7, 11) is 0. The third-order valence-corrected chi connectivity index (χ3v) is 7.91. The number of piperidine rings is 1. The maximum absolute atomic E-state index is 13.2. The summed E-state index contributed by atoms with van der Waals surface area (Å²) in [6.07, 6.45) is 8.04. The highest BCUT2D eigenvalue weighted by Gasteiger charge is 2.27. The molecule has 9 heteroatoms. The van der Waals surface area contributed by atoms with E-state index in [1.807, 2.05) is 13.8 Å². The molecule has 2 aliphatic rings. The van der Waals surface area contributed by atoms with Gasteiger partial charge in [-0.3, -0.25) is 9.59 Å². The molecule has 0 saturated carbocycles. The lowest BCUT2D eigenvalue weighted by Crippen LogP contribution is -2.37. The van der Waals surface area contributed by atoms with E-state index in [0.29, 0.717) is 23.3 Å². The monoisotopic (exact) mass is 454 g/mol. The molecular weight excluding hydrogens is 424 g/mol. The SMILES string of the molecule is CCN(CC)C(=O)Cn1nnc2c(sc3nc(N4CCCCC4)c4c(c32)CCCC4)c1=O. The van der Waals surface area contributed by atoms with Crippen LogP contribution in [0.25, 0.3) is 20.4 Å². The fourth-order valence-electron chi connectivity index (χ4n) is 5.13. The second-order valence-electron chi connectivity index (χ2n) is 8.73. The van der Waals surface area contributed by atoms with Crippen molar-refractivity contribution in [1.29, 1.82) is 0 Å². The summed E-state index contributed by atoms with van der Waals surface area (Å²) in [4.78, 5) is 35.9. The van der Waals surface area contributed by atoms with Crippen molar-refractivity contribution >= 4 is 43.5 Å². The highest BCUT2D eigenvalue weighted by atomic mass is 32.1. The van der Waals surface area contributed by atoms with Gasteiger partial charge in [0, 0.05) is 31.6 Å². The maximum atomic E-state index is 13.2. The van der Waals surface area contributed by atoms with Crippen molar-refractivity contribution in [1.82, 2.24) is 24.9 Å². The minimum Gasteiger partial charge on any atom is -0.356 e. The largest absolute Gasteiger partial charge is 0.356 e. The van der Waals surface area contributed by atoms with Gasteiger partial charge < -0.3 is 9.80 Å². The van der Waals surface area contributed by atoms with E-state index in [-0.39, 0.29) is 18.0 Å². The molecule has 0 atom stereocenters. The Hall–Kier alpha value is -2.55. The zero-order valence-electron chi connectivity index (χ0n) is 18.9. The zero-order valence-corrected chi connectivity index (χ0v) is 19.7. The van der Waals surface area contributed by atoms with E-state index in [4.69, 9.17) is 4.98 Å². The molecule has 1 aliphatic carbocycles. The molecule has 0 spiro atoms. The lowest BCUT2D eigenvalue weighted by molar-refractivity contribution is -0.131. The summed E-state index contributed by atoms with van der Waals surface area (Å²) in [6, 6.07) is 0. The molecule has 1 fully saturated rings. The number of rotatable bonds is 5. The predicted octanol–water partition coefficient (Wildman–Crippen LogP) is 3.14. The summed E-state index contributed by atoms with van der Waals surface area (Å²) >= 11 is 1.40. The molecule has 8 nitrogen and oxygen atoms in total. The van der Waals surface area contributed by atoms with Crippen molar-refractivity contribution in [2.75, 3.05) is 31.1 Å². The van der Waals surface area contributed by atoms with Gasteiger partial charge in [0.2, 0.25) is 5.91 Å². The predicted molar refractivity (Wildman–Crippen MR) is 128 cm³/mol. The van der Waals surface area contributed by atoms with E-state index < -0.39 is 0 Å². The first-order valence-electron chi connectivity index (χ1n) is 11.9. The summed E-state index contributed by atoms with van der Waals surface area (Å²) in [5, 5.41) is 9.61. The Kier molecular flexibility index (Phi) is 5.84. The average molecular weight is 455 g/mol. The van der Waals surface area contributed by atoms with Gasteiger partial charge in [0.1, 0.15) is 27.4 Å². The van der Waals surface area contributed by atoms with E-state index in [2.05, 4.69) is 15.2 Å². The first-order valence-corrected chi connectivity index (χ1v) is 12.7. The van der Waals surface area contributed by atoms with Crippen LogP contribution in [-0.4, -0.2) is 57.0 Å². The molecule has 1 amide bonds. The number of pyridine rings is 1. The maximum Gasteiger partial charge on any atom is 0.288 e. The number of amides is 1. The molecule has 1 saturated heterocycles. The van der Waals surface area contributed by atoms with Crippen LogP contribution in [0.4, 0.5) is 5.82 Å². The summed E-state index contributed by atoms with van der Waals surface area (Å²) in [5.41, 5.74) is 3.05. The molecule has 5 rings (SSSR count). The third-order valence-electron chi connectivity index (χ3n) is 6.85. The molecule has 1 aliphatic heterocycles. The number of hydrogen-bond donors (Lipinski definition) is 0. The van der Waals surface area contributed by atoms with Gasteiger partial charge in [-0.2, -0.15) is 0 Å². The number of nitrogens with zero attached hydrogens (tertiary/aromatic N) is 6. The minimum atomic E-state index is -0.248. The van der Waals surface area contributed by atoms with Crippen LogP contribution >= 0.6 is 11.3 Å². The van der Waals surface area contributed by atoms with Gasteiger partial charge >= 0.3 is 0 Å². The van der Waals surface area contributed by atoms with Crippen LogP contribution in [0.3, 0.4) is 0 Å². The minimum absolute atomic E-state index is 0.0811. The van der Waals surface area contributed by atoms with Crippen LogP contribution < -0.4 is 10.5 Å². The number of hydrogen-bond acceptors (Lipinski definition) is 7. The Labute approximate surface area is 191 Å². The first kappa shape index (κ1) is 21.3. The van der Waals surface area contributed by atoms with Gasteiger partial charge in [-0.1, -0.05) is 5.21 Å². The van der Waals surface area contributed by atoms with Crippen LogP contribution in [-0.2, 0) is 24.2 Å². The second kappa shape index (κ2) is 8.77. The molecule has 32 heavy (non-hydrogen) atoms. The number of likely N-dealkylation sites (N-methyl/N-ethyl adjacent to an activating group) is 1. The molecule has 4 heterocycles. The van der Waals surface area contributed by atoms with Crippen molar-refractivity contribution in [3.63, 3.8) is 0 Å². The molecule has 0 radical (unpaired) electrons. The number of thiophene rings is 1. The van der Waals surface area contributed by atoms with Crippen LogP contribution in [0.5, 0.6) is 0 Å². The number of carbonyl (C=O) groups is 1. The standard InChI is InChI=1S/C23H30N6O2S/c1-3-27(4-2)17(30)14-29-23(31)20-19(25-26-29)18-15-10-6-7-11-16(15)21(24-22(18)32-20)28-12-8-5-9-13-28/h3-14H2,1-2H3. The summed E-state index contributed by atoms with van der Waals surface area (Å²) < 4.78 is 1.76. The van der Waals surface area contributed by atoms with Gasteiger partial charge in [-0.25, -0.2) is 9.67 Å². The number of aromatic nitrogens is 4. The summed E-state index contributed by atoms with van der Waals surface area (Å²) in [6.45, 7) is 7.10. The fourth-order valence-corrected chi connectivity index (χ4v) is 6.20. The topological polar surface area (TPSA) is 84.2 Å². The Morgan fingerprint density at radius 3 is 2.47 bits per heavy atom. The van der Waals surface area contributed by atoms with Crippen LogP contribution in [0.2, 0.25) is 0 Å². The molecule has 0 aromatic carbocycles. The Morgan fingerprint density at radius 1 is 1.03 bits per heavy atom. The lowest BCUT2D eigenvalue weighted by Gasteiger charge is -2.31. The highest BCUT2D eigenvalue weighted by molar-refractivity contribution is 7.25.